The Hall–Kier alpha value is -1.09. The van der Waals surface area contributed by atoms with Crippen molar-refractivity contribution in [2.75, 3.05) is 24.5 Å². The molecule has 3 nitrogen and oxygen atoms in total. The molecule has 1 fully saturated rings. The number of aromatic nitrogens is 1. The maximum atomic E-state index is 4.60. The summed E-state index contributed by atoms with van der Waals surface area (Å²) in [6, 6.07) is 4.95. The van der Waals surface area contributed by atoms with E-state index in [4.69, 9.17) is 0 Å². The molecule has 0 saturated carbocycles. The van der Waals surface area contributed by atoms with Gasteiger partial charge >= 0.3 is 0 Å². The average molecular weight is 261 g/mol. The largest absolute Gasteiger partial charge is 0.368 e. The van der Waals surface area contributed by atoms with Crippen LogP contribution < -0.4 is 10.2 Å². The van der Waals surface area contributed by atoms with Gasteiger partial charge in [-0.1, -0.05) is 13.8 Å². The van der Waals surface area contributed by atoms with E-state index in [1.54, 1.807) is 0 Å². The molecule has 0 amide bonds. The first-order chi connectivity index (χ1) is 9.06. The fraction of sp³-hybridized carbons (Fsp3) is 0.688. The maximum absolute atomic E-state index is 4.60. The van der Waals surface area contributed by atoms with Crippen LogP contribution in [0, 0.1) is 19.8 Å². The van der Waals surface area contributed by atoms with Gasteiger partial charge in [0.25, 0.3) is 0 Å². The Balaban J connectivity index is 2.13. The van der Waals surface area contributed by atoms with Gasteiger partial charge in [0.1, 0.15) is 0 Å². The van der Waals surface area contributed by atoms with Gasteiger partial charge in [0, 0.05) is 24.8 Å². The fourth-order valence-electron chi connectivity index (χ4n) is 2.96. The number of rotatable bonds is 3. The van der Waals surface area contributed by atoms with Crippen LogP contribution in [0.2, 0.25) is 0 Å². The molecular weight excluding hydrogens is 234 g/mol. The molecule has 1 unspecified atom stereocenters. The van der Waals surface area contributed by atoms with E-state index in [0.29, 0.717) is 6.04 Å². The van der Waals surface area contributed by atoms with Gasteiger partial charge in [-0.25, -0.2) is 0 Å². The highest BCUT2D eigenvalue weighted by atomic mass is 15.2. The molecule has 0 aromatic carbocycles. The zero-order valence-corrected chi connectivity index (χ0v) is 12.7. The van der Waals surface area contributed by atoms with Crippen LogP contribution in [0.3, 0.4) is 0 Å². The lowest BCUT2D eigenvalue weighted by Gasteiger charge is -2.28. The number of pyridine rings is 1. The molecule has 3 heteroatoms. The van der Waals surface area contributed by atoms with Crippen LogP contribution in [0.4, 0.5) is 5.69 Å². The Bertz CT molecular complexity index is 414. The summed E-state index contributed by atoms with van der Waals surface area (Å²) < 4.78 is 0. The predicted octanol–water partition coefficient (Wildman–Crippen LogP) is 2.91. The fourth-order valence-corrected chi connectivity index (χ4v) is 2.96. The first kappa shape index (κ1) is 14.3. The minimum atomic E-state index is 0.600. The Morgan fingerprint density at radius 3 is 2.84 bits per heavy atom. The van der Waals surface area contributed by atoms with E-state index in [-0.39, 0.29) is 0 Å². The SMILES string of the molecule is Cc1ccc(N2CCCNC(CC(C)C)C2)c(C)n1. The van der Waals surface area contributed by atoms with Crippen LogP contribution in [-0.2, 0) is 0 Å². The highest BCUT2D eigenvalue weighted by Crippen LogP contribution is 2.21. The van der Waals surface area contributed by atoms with Crippen LogP contribution in [0.15, 0.2) is 12.1 Å². The molecule has 106 valence electrons. The van der Waals surface area contributed by atoms with Crippen LogP contribution in [0.1, 0.15) is 38.1 Å². The Kier molecular flexibility index (Phi) is 4.81. The van der Waals surface area contributed by atoms with Crippen LogP contribution in [-0.4, -0.2) is 30.7 Å². The highest BCUT2D eigenvalue weighted by Gasteiger charge is 2.20. The van der Waals surface area contributed by atoms with Crippen molar-refractivity contribution in [3.63, 3.8) is 0 Å². The van der Waals surface area contributed by atoms with E-state index < -0.39 is 0 Å². The molecule has 1 aromatic heterocycles. The standard InChI is InChI=1S/C16H27N3/c1-12(2)10-15-11-19(9-5-8-17-15)16-7-6-13(3)18-14(16)4/h6-7,12,15,17H,5,8-11H2,1-4H3. The Morgan fingerprint density at radius 2 is 2.16 bits per heavy atom. The topological polar surface area (TPSA) is 28.2 Å². The Labute approximate surface area is 117 Å². The molecule has 0 spiro atoms. The molecule has 2 heterocycles. The number of nitrogens with zero attached hydrogens (tertiary/aromatic N) is 2. The smallest absolute Gasteiger partial charge is 0.0608 e. The monoisotopic (exact) mass is 261 g/mol. The van der Waals surface area contributed by atoms with Gasteiger partial charge in [0.15, 0.2) is 0 Å². The summed E-state index contributed by atoms with van der Waals surface area (Å²) in [5, 5.41) is 3.68. The molecule has 1 N–H and O–H groups in total. The first-order valence-electron chi connectivity index (χ1n) is 7.49. The summed E-state index contributed by atoms with van der Waals surface area (Å²) in [4.78, 5) is 7.11. The molecule has 0 bridgehead atoms. The Morgan fingerprint density at radius 1 is 1.37 bits per heavy atom. The number of anilines is 1. The summed E-state index contributed by atoms with van der Waals surface area (Å²) in [6.07, 6.45) is 2.46. The van der Waals surface area contributed by atoms with Crippen LogP contribution >= 0.6 is 0 Å². The summed E-state index contributed by atoms with van der Waals surface area (Å²) in [7, 11) is 0. The minimum Gasteiger partial charge on any atom is -0.368 e. The van der Waals surface area contributed by atoms with Crippen molar-refractivity contribution in [3.05, 3.63) is 23.5 Å². The normalized spacial score (nSPS) is 20.7. The quantitative estimate of drug-likeness (QED) is 0.907. The summed E-state index contributed by atoms with van der Waals surface area (Å²) in [6.45, 7) is 12.1. The molecule has 0 radical (unpaired) electrons. The molecule has 2 rings (SSSR count). The van der Waals surface area contributed by atoms with E-state index in [0.717, 1.165) is 36.9 Å². The lowest BCUT2D eigenvalue weighted by Crippen LogP contribution is -2.38. The van der Waals surface area contributed by atoms with Gasteiger partial charge in [-0.3, -0.25) is 4.98 Å². The third kappa shape index (κ3) is 3.93. The van der Waals surface area contributed by atoms with Gasteiger partial charge in [0.2, 0.25) is 0 Å². The molecule has 1 aromatic rings. The van der Waals surface area contributed by atoms with Gasteiger partial charge < -0.3 is 10.2 Å². The molecule has 19 heavy (non-hydrogen) atoms. The minimum absolute atomic E-state index is 0.600. The molecule has 1 saturated heterocycles. The van der Waals surface area contributed by atoms with Crippen molar-refractivity contribution in [2.45, 2.75) is 46.6 Å². The predicted molar refractivity (Wildman–Crippen MR) is 81.8 cm³/mol. The molecule has 1 atom stereocenters. The molecule has 1 aliphatic rings. The highest BCUT2D eigenvalue weighted by molar-refractivity contribution is 5.51. The van der Waals surface area contributed by atoms with Crippen molar-refractivity contribution < 1.29 is 0 Å². The third-order valence-corrected chi connectivity index (χ3v) is 3.77. The van der Waals surface area contributed by atoms with Crippen molar-refractivity contribution in [1.29, 1.82) is 0 Å². The number of aryl methyl sites for hydroxylation is 2. The van der Waals surface area contributed by atoms with Crippen molar-refractivity contribution in [3.8, 4) is 0 Å². The second kappa shape index (κ2) is 6.38. The zero-order valence-electron chi connectivity index (χ0n) is 12.7. The van der Waals surface area contributed by atoms with Crippen molar-refractivity contribution in [2.24, 2.45) is 5.92 Å². The van der Waals surface area contributed by atoms with Crippen molar-refractivity contribution in [1.82, 2.24) is 10.3 Å². The number of nitrogens with one attached hydrogen (secondary N) is 1. The van der Waals surface area contributed by atoms with E-state index in [1.165, 1.54) is 18.5 Å². The molecule has 1 aliphatic heterocycles. The third-order valence-electron chi connectivity index (χ3n) is 3.77. The summed E-state index contributed by atoms with van der Waals surface area (Å²) in [5.41, 5.74) is 3.57. The van der Waals surface area contributed by atoms with E-state index >= 15 is 0 Å². The lowest BCUT2D eigenvalue weighted by atomic mass is 10.0. The molecular formula is C16H27N3. The van der Waals surface area contributed by atoms with Gasteiger partial charge in [-0.2, -0.15) is 0 Å². The average Bonchev–Trinajstić information content (AvgIpc) is 2.53. The van der Waals surface area contributed by atoms with Crippen LogP contribution in [0.25, 0.3) is 0 Å². The zero-order chi connectivity index (χ0) is 13.8. The van der Waals surface area contributed by atoms with Crippen LogP contribution in [0.5, 0.6) is 0 Å². The summed E-state index contributed by atoms with van der Waals surface area (Å²) in [5.74, 6) is 0.745. The first-order valence-corrected chi connectivity index (χ1v) is 7.49. The second-order valence-corrected chi connectivity index (χ2v) is 6.14. The van der Waals surface area contributed by atoms with Gasteiger partial charge in [-0.15, -0.1) is 0 Å². The summed E-state index contributed by atoms with van der Waals surface area (Å²) >= 11 is 0. The van der Waals surface area contributed by atoms with E-state index in [9.17, 15) is 0 Å². The maximum Gasteiger partial charge on any atom is 0.0608 e. The number of hydrogen-bond donors (Lipinski definition) is 1. The van der Waals surface area contributed by atoms with Gasteiger partial charge in [0.05, 0.1) is 11.4 Å². The lowest BCUT2D eigenvalue weighted by molar-refractivity contribution is 0.436. The molecule has 0 aliphatic carbocycles. The van der Waals surface area contributed by atoms with E-state index in [2.05, 4.69) is 55.0 Å². The second-order valence-electron chi connectivity index (χ2n) is 6.14. The number of hydrogen-bond acceptors (Lipinski definition) is 3. The van der Waals surface area contributed by atoms with Gasteiger partial charge in [-0.05, 0) is 51.3 Å². The van der Waals surface area contributed by atoms with Crippen molar-refractivity contribution >= 4 is 5.69 Å². The van der Waals surface area contributed by atoms with E-state index in [1.807, 2.05) is 0 Å².